The van der Waals surface area contributed by atoms with Crippen molar-refractivity contribution in [1.82, 2.24) is 4.98 Å². The molecule has 0 aliphatic carbocycles. The normalized spacial score (nSPS) is 13.2. The first kappa shape index (κ1) is 12.9. The standard InChI is InChI=1S/C14H21N3O/c1-9(2)13(8-15)17(4)11-5-6-12-14(7-11)18-10(3)16-12/h5-7,9,13H,8,15H2,1-4H3. The Labute approximate surface area is 108 Å². The zero-order valence-corrected chi connectivity index (χ0v) is 11.5. The number of rotatable bonds is 4. The molecule has 1 atom stereocenters. The summed E-state index contributed by atoms with van der Waals surface area (Å²) in [4.78, 5) is 6.51. The molecule has 4 heteroatoms. The molecule has 2 rings (SSSR count). The molecule has 98 valence electrons. The van der Waals surface area contributed by atoms with Crippen molar-refractivity contribution >= 4 is 16.8 Å². The minimum Gasteiger partial charge on any atom is -0.441 e. The zero-order chi connectivity index (χ0) is 13.3. The fourth-order valence-electron chi connectivity index (χ4n) is 2.32. The Balaban J connectivity index is 2.34. The zero-order valence-electron chi connectivity index (χ0n) is 11.5. The number of aryl methyl sites for hydroxylation is 1. The van der Waals surface area contributed by atoms with Gasteiger partial charge in [0.15, 0.2) is 11.5 Å². The van der Waals surface area contributed by atoms with E-state index in [0.717, 1.165) is 16.8 Å². The van der Waals surface area contributed by atoms with Crippen LogP contribution in [0.25, 0.3) is 11.1 Å². The Hall–Kier alpha value is -1.55. The Bertz CT molecular complexity index is 533. The topological polar surface area (TPSA) is 55.3 Å². The van der Waals surface area contributed by atoms with Crippen molar-refractivity contribution in [2.45, 2.75) is 26.8 Å². The highest BCUT2D eigenvalue weighted by Crippen LogP contribution is 2.24. The molecule has 1 heterocycles. The molecule has 2 N–H and O–H groups in total. The van der Waals surface area contributed by atoms with Crippen LogP contribution in [-0.2, 0) is 0 Å². The van der Waals surface area contributed by atoms with Crippen LogP contribution in [0.5, 0.6) is 0 Å². The molecular weight excluding hydrogens is 226 g/mol. The van der Waals surface area contributed by atoms with E-state index in [-0.39, 0.29) is 0 Å². The van der Waals surface area contributed by atoms with E-state index in [1.54, 1.807) is 0 Å². The molecule has 0 radical (unpaired) electrons. The molecule has 0 bridgehead atoms. The maximum atomic E-state index is 5.85. The number of anilines is 1. The number of likely N-dealkylation sites (N-methyl/N-ethyl adjacent to an activating group) is 1. The van der Waals surface area contributed by atoms with Gasteiger partial charge in [0.05, 0.1) is 0 Å². The lowest BCUT2D eigenvalue weighted by atomic mass is 10.0. The number of nitrogens with two attached hydrogens (primary N) is 1. The lowest BCUT2D eigenvalue weighted by molar-refractivity contribution is 0.479. The van der Waals surface area contributed by atoms with Crippen molar-refractivity contribution in [2.24, 2.45) is 11.7 Å². The molecule has 18 heavy (non-hydrogen) atoms. The van der Waals surface area contributed by atoms with Gasteiger partial charge in [0.1, 0.15) is 5.52 Å². The molecule has 1 aromatic heterocycles. The summed E-state index contributed by atoms with van der Waals surface area (Å²) in [5.41, 5.74) is 8.70. The molecular formula is C14H21N3O. The molecule has 0 fully saturated rings. The number of hydrogen-bond acceptors (Lipinski definition) is 4. The van der Waals surface area contributed by atoms with Crippen molar-refractivity contribution in [3.05, 3.63) is 24.1 Å². The summed E-state index contributed by atoms with van der Waals surface area (Å²) >= 11 is 0. The van der Waals surface area contributed by atoms with Gasteiger partial charge in [0.2, 0.25) is 0 Å². The van der Waals surface area contributed by atoms with Crippen LogP contribution in [-0.4, -0.2) is 24.6 Å². The maximum absolute atomic E-state index is 5.85. The highest BCUT2D eigenvalue weighted by atomic mass is 16.3. The SMILES string of the molecule is Cc1nc2ccc(N(C)C(CN)C(C)C)cc2o1. The first-order chi connectivity index (χ1) is 8.52. The molecule has 2 aromatic rings. The van der Waals surface area contributed by atoms with Gasteiger partial charge in [-0.25, -0.2) is 4.98 Å². The van der Waals surface area contributed by atoms with Crippen LogP contribution >= 0.6 is 0 Å². The Morgan fingerprint density at radius 1 is 1.39 bits per heavy atom. The van der Waals surface area contributed by atoms with Crippen molar-refractivity contribution < 1.29 is 4.42 Å². The average molecular weight is 247 g/mol. The Kier molecular flexibility index (Phi) is 3.57. The molecule has 0 aliphatic rings. The van der Waals surface area contributed by atoms with Crippen LogP contribution in [0.4, 0.5) is 5.69 Å². The summed E-state index contributed by atoms with van der Waals surface area (Å²) < 4.78 is 5.56. The van der Waals surface area contributed by atoms with Crippen LogP contribution < -0.4 is 10.6 Å². The highest BCUT2D eigenvalue weighted by Gasteiger charge is 2.18. The fraction of sp³-hybridized carbons (Fsp3) is 0.500. The smallest absolute Gasteiger partial charge is 0.192 e. The van der Waals surface area contributed by atoms with Gasteiger partial charge in [-0.15, -0.1) is 0 Å². The summed E-state index contributed by atoms with van der Waals surface area (Å²) in [5, 5.41) is 0. The number of nitrogens with zero attached hydrogens (tertiary/aromatic N) is 2. The van der Waals surface area contributed by atoms with E-state index in [4.69, 9.17) is 10.2 Å². The summed E-state index contributed by atoms with van der Waals surface area (Å²) in [7, 11) is 2.07. The van der Waals surface area contributed by atoms with Crippen molar-refractivity contribution in [3.8, 4) is 0 Å². The van der Waals surface area contributed by atoms with E-state index in [2.05, 4.69) is 36.8 Å². The minimum absolute atomic E-state index is 0.325. The van der Waals surface area contributed by atoms with Crippen molar-refractivity contribution in [1.29, 1.82) is 0 Å². The lowest BCUT2D eigenvalue weighted by Gasteiger charge is -2.32. The first-order valence-corrected chi connectivity index (χ1v) is 6.33. The van der Waals surface area contributed by atoms with Crippen LogP contribution in [0.15, 0.2) is 22.6 Å². The molecule has 0 spiro atoms. The molecule has 0 aliphatic heterocycles. The van der Waals surface area contributed by atoms with E-state index in [1.165, 1.54) is 0 Å². The molecule has 1 aromatic carbocycles. The lowest BCUT2D eigenvalue weighted by Crippen LogP contribution is -2.41. The van der Waals surface area contributed by atoms with Gasteiger partial charge < -0.3 is 15.1 Å². The third-order valence-corrected chi connectivity index (χ3v) is 3.39. The third kappa shape index (κ3) is 2.34. The predicted molar refractivity (Wildman–Crippen MR) is 74.8 cm³/mol. The van der Waals surface area contributed by atoms with Crippen LogP contribution in [0.3, 0.4) is 0 Å². The second-order valence-electron chi connectivity index (χ2n) is 5.04. The summed E-state index contributed by atoms with van der Waals surface area (Å²) in [6, 6.07) is 6.41. The quantitative estimate of drug-likeness (QED) is 0.902. The Morgan fingerprint density at radius 3 is 2.72 bits per heavy atom. The van der Waals surface area contributed by atoms with Gasteiger partial charge >= 0.3 is 0 Å². The van der Waals surface area contributed by atoms with Gasteiger partial charge in [-0.3, -0.25) is 0 Å². The van der Waals surface area contributed by atoms with Gasteiger partial charge in [-0.1, -0.05) is 13.8 Å². The number of oxazole rings is 1. The first-order valence-electron chi connectivity index (χ1n) is 6.33. The van der Waals surface area contributed by atoms with Crippen LogP contribution in [0.2, 0.25) is 0 Å². The average Bonchev–Trinajstić information content (AvgIpc) is 2.68. The van der Waals surface area contributed by atoms with Crippen molar-refractivity contribution in [3.63, 3.8) is 0 Å². The second kappa shape index (κ2) is 4.98. The summed E-state index contributed by atoms with van der Waals surface area (Å²) in [6.45, 7) is 6.87. The second-order valence-corrected chi connectivity index (χ2v) is 5.04. The Morgan fingerprint density at radius 2 is 2.11 bits per heavy atom. The number of hydrogen-bond donors (Lipinski definition) is 1. The number of aromatic nitrogens is 1. The number of benzene rings is 1. The van der Waals surface area contributed by atoms with Gasteiger partial charge in [0.25, 0.3) is 0 Å². The molecule has 0 amide bonds. The van der Waals surface area contributed by atoms with E-state index >= 15 is 0 Å². The maximum Gasteiger partial charge on any atom is 0.192 e. The highest BCUT2D eigenvalue weighted by molar-refractivity contribution is 5.77. The van der Waals surface area contributed by atoms with Gasteiger partial charge in [-0.2, -0.15) is 0 Å². The number of fused-ring (bicyclic) bond motifs is 1. The molecule has 0 saturated heterocycles. The minimum atomic E-state index is 0.325. The monoisotopic (exact) mass is 247 g/mol. The third-order valence-electron chi connectivity index (χ3n) is 3.39. The van der Waals surface area contributed by atoms with E-state index < -0.39 is 0 Å². The van der Waals surface area contributed by atoms with E-state index in [1.807, 2.05) is 19.1 Å². The largest absolute Gasteiger partial charge is 0.441 e. The summed E-state index contributed by atoms with van der Waals surface area (Å²) in [6.07, 6.45) is 0. The van der Waals surface area contributed by atoms with Gasteiger partial charge in [-0.05, 0) is 18.1 Å². The molecule has 1 unspecified atom stereocenters. The molecule has 4 nitrogen and oxygen atoms in total. The fourth-order valence-corrected chi connectivity index (χ4v) is 2.32. The summed E-state index contributed by atoms with van der Waals surface area (Å²) in [5.74, 6) is 1.20. The van der Waals surface area contributed by atoms with Crippen LogP contribution in [0.1, 0.15) is 19.7 Å². The van der Waals surface area contributed by atoms with Crippen LogP contribution in [0, 0.1) is 12.8 Å². The van der Waals surface area contributed by atoms with E-state index in [9.17, 15) is 0 Å². The van der Waals surface area contributed by atoms with Crippen molar-refractivity contribution in [2.75, 3.05) is 18.5 Å². The van der Waals surface area contributed by atoms with E-state index in [0.29, 0.717) is 24.4 Å². The molecule has 0 saturated carbocycles. The predicted octanol–water partition coefficient (Wildman–Crippen LogP) is 2.56. The van der Waals surface area contributed by atoms with Gasteiger partial charge in [0, 0.05) is 38.3 Å².